The Morgan fingerprint density at radius 2 is 1.15 bits per heavy atom. The van der Waals surface area contributed by atoms with E-state index in [0.29, 0.717) is 42.3 Å². The SMILES string of the molecule is C.CCOC(=O)N1CCCC(N2CCC(c3cccnc3Cl)CC2)CC1.CCOC(=O)N1CCCC(N2CCC(c3cccnc3NC)CC2)CC1. The van der Waals surface area contributed by atoms with Gasteiger partial charge in [-0.15, -0.1) is 0 Å². The van der Waals surface area contributed by atoms with Gasteiger partial charge in [-0.3, -0.25) is 0 Å². The largest absolute Gasteiger partial charge is 0.450 e. The van der Waals surface area contributed by atoms with E-state index >= 15 is 0 Å². The van der Waals surface area contributed by atoms with Crippen LogP contribution in [-0.2, 0) is 9.47 Å². The molecule has 0 saturated carbocycles. The van der Waals surface area contributed by atoms with Crippen LogP contribution in [0, 0.1) is 0 Å². The molecule has 2 aromatic rings. The molecule has 2 amide bonds. The van der Waals surface area contributed by atoms with Crippen LogP contribution in [0.25, 0.3) is 0 Å². The number of hydrogen-bond acceptors (Lipinski definition) is 9. The lowest BCUT2D eigenvalue weighted by atomic mass is 9.88. The van der Waals surface area contributed by atoms with Crippen molar-refractivity contribution in [1.82, 2.24) is 29.6 Å². The number of halogens is 1. The summed E-state index contributed by atoms with van der Waals surface area (Å²) in [6.45, 7) is 12.3. The molecule has 0 spiro atoms. The topological polar surface area (TPSA) is 103 Å². The van der Waals surface area contributed by atoms with Crippen molar-refractivity contribution in [3.8, 4) is 0 Å². The molecule has 0 radical (unpaired) electrons. The molecule has 6 heterocycles. The minimum atomic E-state index is -0.159. The molecule has 0 aliphatic carbocycles. The zero-order chi connectivity index (χ0) is 36.0. The molecule has 4 saturated heterocycles. The summed E-state index contributed by atoms with van der Waals surface area (Å²) >= 11 is 6.26. The highest BCUT2D eigenvalue weighted by molar-refractivity contribution is 6.30. The van der Waals surface area contributed by atoms with Crippen LogP contribution < -0.4 is 5.32 Å². The number of pyridine rings is 2. The predicted octanol–water partition coefficient (Wildman–Crippen LogP) is 7.88. The van der Waals surface area contributed by atoms with Gasteiger partial charge in [0.05, 0.1) is 13.2 Å². The van der Waals surface area contributed by atoms with Gasteiger partial charge < -0.3 is 34.4 Å². The number of nitrogens with zero attached hydrogens (tertiary/aromatic N) is 6. The van der Waals surface area contributed by atoms with Gasteiger partial charge in [0.1, 0.15) is 11.0 Å². The fourth-order valence-corrected chi connectivity index (χ4v) is 8.77. The van der Waals surface area contributed by atoms with Crippen LogP contribution in [0.5, 0.6) is 0 Å². The minimum absolute atomic E-state index is 0. The first-order valence-corrected chi connectivity index (χ1v) is 19.8. The van der Waals surface area contributed by atoms with E-state index in [1.165, 1.54) is 30.4 Å². The molecule has 2 unspecified atom stereocenters. The number of aromatic nitrogens is 2. The van der Waals surface area contributed by atoms with Crippen LogP contribution in [0.1, 0.15) is 108 Å². The van der Waals surface area contributed by atoms with E-state index in [1.807, 2.05) is 49.0 Å². The molecular weight excluding hydrogens is 678 g/mol. The van der Waals surface area contributed by atoms with Gasteiger partial charge in [0.25, 0.3) is 0 Å². The maximum atomic E-state index is 12.0. The number of anilines is 1. The van der Waals surface area contributed by atoms with Gasteiger partial charge in [-0.1, -0.05) is 31.2 Å². The van der Waals surface area contributed by atoms with Gasteiger partial charge in [0.15, 0.2) is 0 Å². The first kappa shape index (κ1) is 41.6. The third kappa shape index (κ3) is 11.4. The summed E-state index contributed by atoms with van der Waals surface area (Å²) in [5.74, 6) is 2.12. The van der Waals surface area contributed by atoms with E-state index < -0.39 is 0 Å². The first-order chi connectivity index (χ1) is 24.9. The second-order valence-electron chi connectivity index (χ2n) is 14.2. The molecule has 2 aromatic heterocycles. The zero-order valence-electron chi connectivity index (χ0n) is 31.1. The standard InChI is InChI=1S/C20H32N4O2.C19H28ClN3O2.CH4/c1-3-26-20(25)24-12-5-6-17(10-15-24)23-13-8-16(9-14-23)18-7-4-11-22-19(18)21-2;1-2-25-19(24)23-11-4-5-16(9-14-23)22-12-7-15(8-13-22)17-6-3-10-21-18(17)20;/h4,7,11,16-17H,3,5-6,8-10,12-15H2,1-2H3,(H,21,22);3,6,10,15-16H,2,4-5,7-9,11-14H2,1H3;1H4. The lowest BCUT2D eigenvalue weighted by molar-refractivity contribution is 0.104. The van der Waals surface area contributed by atoms with Crippen molar-refractivity contribution in [3.05, 3.63) is 52.9 Å². The summed E-state index contributed by atoms with van der Waals surface area (Å²) in [6, 6.07) is 9.50. The number of piperidine rings is 2. The fourth-order valence-electron chi connectivity index (χ4n) is 8.49. The average Bonchev–Trinajstić information content (AvgIpc) is 3.58. The van der Waals surface area contributed by atoms with E-state index in [-0.39, 0.29) is 19.6 Å². The van der Waals surface area contributed by atoms with E-state index in [2.05, 4.69) is 37.2 Å². The van der Waals surface area contributed by atoms with Crippen LogP contribution in [0.4, 0.5) is 15.4 Å². The number of carbonyl (C=O) groups is 2. The summed E-state index contributed by atoms with van der Waals surface area (Å²) in [6.07, 6.45) is 14.5. The Hall–Kier alpha value is -3.15. The van der Waals surface area contributed by atoms with Gasteiger partial charge in [-0.25, -0.2) is 19.6 Å². The second kappa shape index (κ2) is 21.5. The van der Waals surface area contributed by atoms with Crippen molar-refractivity contribution in [1.29, 1.82) is 0 Å². The molecule has 2 atom stereocenters. The maximum Gasteiger partial charge on any atom is 0.409 e. The number of amides is 2. The summed E-state index contributed by atoms with van der Waals surface area (Å²) in [4.78, 5) is 41.6. The third-order valence-corrected chi connectivity index (χ3v) is 11.6. The van der Waals surface area contributed by atoms with Crippen LogP contribution in [0.3, 0.4) is 0 Å². The van der Waals surface area contributed by atoms with Crippen LogP contribution >= 0.6 is 11.6 Å². The quantitative estimate of drug-likeness (QED) is 0.284. The van der Waals surface area contributed by atoms with Crippen LogP contribution in [0.15, 0.2) is 36.7 Å². The monoisotopic (exact) mass is 741 g/mol. The molecule has 52 heavy (non-hydrogen) atoms. The molecule has 0 bridgehead atoms. The van der Waals surface area contributed by atoms with Crippen molar-refractivity contribution in [2.45, 2.75) is 109 Å². The average molecular weight is 742 g/mol. The van der Waals surface area contributed by atoms with E-state index in [0.717, 1.165) is 103 Å². The molecule has 6 rings (SSSR count). The van der Waals surface area contributed by atoms with E-state index in [1.54, 1.807) is 6.20 Å². The molecule has 4 aliphatic rings. The molecule has 4 aliphatic heterocycles. The number of rotatable bonds is 7. The summed E-state index contributed by atoms with van der Waals surface area (Å²) < 4.78 is 10.3. The number of likely N-dealkylation sites (tertiary alicyclic amines) is 4. The number of ether oxygens (including phenoxy) is 2. The Kier molecular flexibility index (Phi) is 17.2. The van der Waals surface area contributed by atoms with Gasteiger partial charge in [0, 0.05) is 57.7 Å². The summed E-state index contributed by atoms with van der Waals surface area (Å²) in [5, 5.41) is 3.88. The number of nitrogens with one attached hydrogen (secondary N) is 1. The van der Waals surface area contributed by atoms with Crippen molar-refractivity contribution < 1.29 is 19.1 Å². The first-order valence-electron chi connectivity index (χ1n) is 19.5. The molecule has 1 N–H and O–H groups in total. The Morgan fingerprint density at radius 1 is 0.692 bits per heavy atom. The Morgan fingerprint density at radius 3 is 1.62 bits per heavy atom. The van der Waals surface area contributed by atoms with Gasteiger partial charge >= 0.3 is 12.2 Å². The van der Waals surface area contributed by atoms with Gasteiger partial charge in [-0.05, 0) is 139 Å². The van der Waals surface area contributed by atoms with Crippen molar-refractivity contribution in [2.24, 2.45) is 0 Å². The van der Waals surface area contributed by atoms with E-state index in [4.69, 9.17) is 21.1 Å². The number of carbonyl (C=O) groups excluding carboxylic acids is 2. The highest BCUT2D eigenvalue weighted by Gasteiger charge is 2.31. The highest BCUT2D eigenvalue weighted by atomic mass is 35.5. The molecule has 12 heteroatoms. The Balaban J connectivity index is 0.000000228. The minimum Gasteiger partial charge on any atom is -0.450 e. The lowest BCUT2D eigenvalue weighted by Crippen LogP contribution is -2.41. The summed E-state index contributed by atoms with van der Waals surface area (Å²) in [5.41, 5.74) is 2.54. The third-order valence-electron chi connectivity index (χ3n) is 11.3. The second-order valence-corrected chi connectivity index (χ2v) is 14.6. The smallest absolute Gasteiger partial charge is 0.409 e. The molecule has 0 aromatic carbocycles. The van der Waals surface area contributed by atoms with Crippen LogP contribution in [0.2, 0.25) is 5.15 Å². The Bertz CT molecular complexity index is 1370. The lowest BCUT2D eigenvalue weighted by Gasteiger charge is -2.37. The van der Waals surface area contributed by atoms with Crippen molar-refractivity contribution >= 4 is 29.6 Å². The van der Waals surface area contributed by atoms with E-state index in [9.17, 15) is 9.59 Å². The predicted molar refractivity (Wildman–Crippen MR) is 209 cm³/mol. The van der Waals surface area contributed by atoms with Gasteiger partial charge in [0.2, 0.25) is 0 Å². The molecule has 4 fully saturated rings. The van der Waals surface area contributed by atoms with Crippen molar-refractivity contribution in [3.63, 3.8) is 0 Å². The summed E-state index contributed by atoms with van der Waals surface area (Å²) in [7, 11) is 1.95. The normalized spacial score (nSPS) is 22.5. The van der Waals surface area contributed by atoms with Crippen LogP contribution in [-0.4, -0.2) is 126 Å². The Labute approximate surface area is 317 Å². The molecular formula is C40H64ClN7O4. The molecule has 290 valence electrons. The van der Waals surface area contributed by atoms with Crippen molar-refractivity contribution in [2.75, 3.05) is 77.9 Å². The fraction of sp³-hybridized carbons (Fsp3) is 0.700. The molecule has 11 nitrogen and oxygen atoms in total. The zero-order valence-corrected chi connectivity index (χ0v) is 31.9. The number of hydrogen-bond donors (Lipinski definition) is 1. The van der Waals surface area contributed by atoms with Gasteiger partial charge in [-0.2, -0.15) is 0 Å². The highest BCUT2D eigenvalue weighted by Crippen LogP contribution is 2.35. The maximum absolute atomic E-state index is 12.0.